The third kappa shape index (κ3) is 2.88. The van der Waals surface area contributed by atoms with Crippen LogP contribution in [-0.2, 0) is 6.54 Å². The zero-order chi connectivity index (χ0) is 13.8. The fourth-order valence-electron chi connectivity index (χ4n) is 2.76. The van der Waals surface area contributed by atoms with Crippen LogP contribution in [0.5, 0.6) is 0 Å². The summed E-state index contributed by atoms with van der Waals surface area (Å²) in [7, 11) is 0. The van der Waals surface area contributed by atoms with Crippen LogP contribution < -0.4 is 5.32 Å². The minimum absolute atomic E-state index is 0.310. The Labute approximate surface area is 119 Å². The molecule has 0 radical (unpaired) electrons. The molecule has 1 atom stereocenters. The molecule has 1 N–H and O–H groups in total. The van der Waals surface area contributed by atoms with Crippen molar-refractivity contribution in [3.63, 3.8) is 0 Å². The maximum absolute atomic E-state index is 13.6. The van der Waals surface area contributed by atoms with Crippen molar-refractivity contribution < 1.29 is 4.39 Å². The Bertz CT molecular complexity index is 552. The summed E-state index contributed by atoms with van der Waals surface area (Å²) >= 11 is 0. The van der Waals surface area contributed by atoms with E-state index in [0.717, 1.165) is 0 Å². The smallest absolute Gasteiger partial charge is 0.217 e. The van der Waals surface area contributed by atoms with E-state index < -0.39 is 0 Å². The second-order valence-corrected chi connectivity index (χ2v) is 5.41. The molecule has 2 aromatic rings. The number of pyridine rings is 1. The van der Waals surface area contributed by atoms with Gasteiger partial charge in [-0.2, -0.15) is 4.39 Å². The van der Waals surface area contributed by atoms with Gasteiger partial charge >= 0.3 is 0 Å². The van der Waals surface area contributed by atoms with Gasteiger partial charge in [-0.25, -0.2) is 4.98 Å². The molecule has 1 aromatic carbocycles. The predicted molar refractivity (Wildman–Crippen MR) is 77.6 cm³/mol. The Morgan fingerprint density at radius 3 is 2.60 bits per heavy atom. The largest absolute Gasteiger partial charge is 0.305 e. The van der Waals surface area contributed by atoms with Gasteiger partial charge in [0.1, 0.15) is 0 Å². The highest BCUT2D eigenvalue weighted by molar-refractivity contribution is 5.21. The van der Waals surface area contributed by atoms with Gasteiger partial charge < -0.3 is 5.32 Å². The van der Waals surface area contributed by atoms with Gasteiger partial charge in [0.05, 0.1) is 0 Å². The summed E-state index contributed by atoms with van der Waals surface area (Å²) in [4.78, 5) is 3.70. The number of aromatic nitrogens is 1. The van der Waals surface area contributed by atoms with Crippen LogP contribution in [0.4, 0.5) is 4.39 Å². The second kappa shape index (κ2) is 6.14. The normalized spacial score (nSPS) is 16.6. The maximum Gasteiger partial charge on any atom is 0.217 e. The van der Waals surface area contributed by atoms with Gasteiger partial charge in [0.25, 0.3) is 0 Å². The highest BCUT2D eigenvalue weighted by Crippen LogP contribution is 2.37. The molecule has 1 aliphatic carbocycles. The van der Waals surface area contributed by atoms with E-state index in [-0.39, 0.29) is 5.95 Å². The van der Waals surface area contributed by atoms with Crippen molar-refractivity contribution in [2.45, 2.75) is 31.8 Å². The highest BCUT2D eigenvalue weighted by Gasteiger charge is 2.28. The first-order valence-electron chi connectivity index (χ1n) is 7.22. The minimum Gasteiger partial charge on any atom is -0.305 e. The molecule has 1 fully saturated rings. The number of hydrogen-bond donors (Lipinski definition) is 1. The number of nitrogens with zero attached hydrogens (tertiary/aromatic N) is 1. The lowest BCUT2D eigenvalue weighted by Crippen LogP contribution is -2.32. The van der Waals surface area contributed by atoms with Crippen molar-refractivity contribution in [3.8, 4) is 0 Å². The van der Waals surface area contributed by atoms with Gasteiger partial charge in [0.2, 0.25) is 5.95 Å². The third-order valence-electron chi connectivity index (χ3n) is 4.13. The van der Waals surface area contributed by atoms with E-state index in [0.29, 0.717) is 24.1 Å². The molecule has 104 valence electrons. The van der Waals surface area contributed by atoms with E-state index in [9.17, 15) is 4.39 Å². The summed E-state index contributed by atoms with van der Waals surface area (Å²) in [6, 6.07) is 14.3. The summed E-state index contributed by atoms with van der Waals surface area (Å²) in [5.74, 6) is 0.289. The van der Waals surface area contributed by atoms with Gasteiger partial charge in [-0.1, -0.05) is 42.8 Å². The van der Waals surface area contributed by atoms with Crippen molar-refractivity contribution in [3.05, 3.63) is 65.7 Å². The fraction of sp³-hybridized carbons (Fsp3) is 0.353. The summed E-state index contributed by atoms with van der Waals surface area (Å²) in [5, 5.41) is 3.52. The molecule has 1 heterocycles. The average Bonchev–Trinajstić information content (AvgIpc) is 2.44. The molecule has 1 unspecified atom stereocenters. The predicted octanol–water partition coefficient (Wildman–Crippen LogP) is 3.85. The lowest BCUT2D eigenvalue weighted by molar-refractivity contribution is 0.229. The molecule has 2 nitrogen and oxygen atoms in total. The standard InChI is InChI=1S/C17H19FN2/c18-17-15(10-5-11-19-17)12-20-16(14-8-4-9-14)13-6-2-1-3-7-13/h1-3,5-7,10-11,14,16,20H,4,8-9,12H2. The Hall–Kier alpha value is -1.74. The lowest BCUT2D eigenvalue weighted by Gasteiger charge is -2.35. The lowest BCUT2D eigenvalue weighted by atomic mass is 9.77. The zero-order valence-corrected chi connectivity index (χ0v) is 11.4. The van der Waals surface area contributed by atoms with Crippen LogP contribution in [0.3, 0.4) is 0 Å². The van der Waals surface area contributed by atoms with Crippen molar-refractivity contribution in [2.75, 3.05) is 0 Å². The summed E-state index contributed by atoms with van der Waals surface area (Å²) in [6.45, 7) is 0.524. The quantitative estimate of drug-likeness (QED) is 0.835. The molecule has 1 aliphatic rings. The molecule has 3 heteroatoms. The average molecular weight is 270 g/mol. The SMILES string of the molecule is Fc1ncccc1CNC(c1ccccc1)C1CCC1. The van der Waals surface area contributed by atoms with Crippen LogP contribution in [0.15, 0.2) is 48.7 Å². The van der Waals surface area contributed by atoms with Gasteiger partial charge in [0.15, 0.2) is 0 Å². The molecule has 0 spiro atoms. The van der Waals surface area contributed by atoms with Gasteiger partial charge in [-0.3, -0.25) is 0 Å². The minimum atomic E-state index is -0.375. The van der Waals surface area contributed by atoms with E-state index in [4.69, 9.17) is 0 Å². The van der Waals surface area contributed by atoms with Crippen LogP contribution in [0.25, 0.3) is 0 Å². The molecule has 0 saturated heterocycles. The number of rotatable bonds is 5. The summed E-state index contributed by atoms with van der Waals surface area (Å²) in [6.07, 6.45) is 5.29. The van der Waals surface area contributed by atoms with Crippen LogP contribution in [0, 0.1) is 11.9 Å². The number of halogens is 1. The van der Waals surface area contributed by atoms with Gasteiger partial charge in [0, 0.05) is 24.3 Å². The molecular weight excluding hydrogens is 251 g/mol. The van der Waals surface area contributed by atoms with Crippen molar-refractivity contribution in [1.82, 2.24) is 10.3 Å². The zero-order valence-electron chi connectivity index (χ0n) is 11.4. The van der Waals surface area contributed by atoms with Crippen molar-refractivity contribution in [1.29, 1.82) is 0 Å². The number of nitrogens with one attached hydrogen (secondary N) is 1. The molecular formula is C17H19FN2. The Balaban J connectivity index is 1.73. The van der Waals surface area contributed by atoms with Crippen molar-refractivity contribution >= 4 is 0 Å². The van der Waals surface area contributed by atoms with Crippen LogP contribution in [-0.4, -0.2) is 4.98 Å². The maximum atomic E-state index is 13.6. The van der Waals surface area contributed by atoms with Crippen LogP contribution in [0.2, 0.25) is 0 Å². The number of hydrogen-bond acceptors (Lipinski definition) is 2. The van der Waals surface area contributed by atoms with E-state index in [1.54, 1.807) is 12.1 Å². The number of benzene rings is 1. The van der Waals surface area contributed by atoms with E-state index in [1.165, 1.54) is 31.0 Å². The molecule has 1 saturated carbocycles. The Morgan fingerprint density at radius 1 is 1.15 bits per heavy atom. The molecule has 20 heavy (non-hydrogen) atoms. The topological polar surface area (TPSA) is 24.9 Å². The Morgan fingerprint density at radius 2 is 1.95 bits per heavy atom. The van der Waals surface area contributed by atoms with E-state index in [2.05, 4.69) is 34.6 Å². The molecule has 1 aromatic heterocycles. The third-order valence-corrected chi connectivity index (χ3v) is 4.13. The highest BCUT2D eigenvalue weighted by atomic mass is 19.1. The monoisotopic (exact) mass is 270 g/mol. The van der Waals surface area contributed by atoms with Gasteiger partial charge in [-0.05, 0) is 30.4 Å². The molecule has 3 rings (SSSR count). The summed E-state index contributed by atoms with van der Waals surface area (Å²) < 4.78 is 13.6. The van der Waals surface area contributed by atoms with Gasteiger partial charge in [-0.15, -0.1) is 0 Å². The fourth-order valence-corrected chi connectivity index (χ4v) is 2.76. The first kappa shape index (κ1) is 13.3. The van der Waals surface area contributed by atoms with Crippen LogP contribution >= 0.6 is 0 Å². The molecule has 0 bridgehead atoms. The first-order valence-corrected chi connectivity index (χ1v) is 7.22. The summed E-state index contributed by atoms with van der Waals surface area (Å²) in [5.41, 5.74) is 1.93. The molecule has 0 aliphatic heterocycles. The van der Waals surface area contributed by atoms with Crippen LogP contribution in [0.1, 0.15) is 36.4 Å². The first-order chi connectivity index (χ1) is 9.84. The Kier molecular flexibility index (Phi) is 4.07. The van der Waals surface area contributed by atoms with Crippen molar-refractivity contribution in [2.24, 2.45) is 5.92 Å². The molecule has 0 amide bonds. The van der Waals surface area contributed by atoms with E-state index >= 15 is 0 Å². The second-order valence-electron chi connectivity index (χ2n) is 5.41. The van der Waals surface area contributed by atoms with E-state index in [1.807, 2.05) is 6.07 Å².